The van der Waals surface area contributed by atoms with Crippen LogP contribution in [0.5, 0.6) is 11.5 Å². The Hall–Kier alpha value is -4.80. The van der Waals surface area contributed by atoms with Gasteiger partial charge in [-0.3, -0.25) is 14.3 Å². The molecule has 1 saturated heterocycles. The van der Waals surface area contributed by atoms with Crippen LogP contribution in [0, 0.1) is 18.6 Å². The first-order valence-electron chi connectivity index (χ1n) is 12.5. The molecule has 1 aromatic carbocycles. The van der Waals surface area contributed by atoms with Gasteiger partial charge in [0.05, 0.1) is 31.5 Å². The van der Waals surface area contributed by atoms with Crippen LogP contribution in [-0.2, 0) is 0 Å². The van der Waals surface area contributed by atoms with Crippen LogP contribution in [0.15, 0.2) is 53.5 Å². The number of pyridine rings is 2. The van der Waals surface area contributed by atoms with E-state index in [9.17, 15) is 18.7 Å². The van der Waals surface area contributed by atoms with E-state index in [0.717, 1.165) is 12.3 Å². The number of hydrogen-bond acceptors (Lipinski definition) is 8. The van der Waals surface area contributed by atoms with Crippen LogP contribution in [-0.4, -0.2) is 56.8 Å². The summed E-state index contributed by atoms with van der Waals surface area (Å²) in [6.07, 6.45) is 1.39. The molecule has 4 heterocycles. The van der Waals surface area contributed by atoms with Gasteiger partial charge in [-0.05, 0) is 37.6 Å². The summed E-state index contributed by atoms with van der Waals surface area (Å²) in [5.41, 5.74) is 0.850. The van der Waals surface area contributed by atoms with Crippen molar-refractivity contribution in [3.8, 4) is 28.7 Å². The minimum Gasteiger partial charge on any atom is -0.494 e. The Morgan fingerprint density at radius 2 is 1.80 bits per heavy atom. The summed E-state index contributed by atoms with van der Waals surface area (Å²) in [5.74, 6) is -1.47. The third-order valence-corrected chi connectivity index (χ3v) is 6.84. The van der Waals surface area contributed by atoms with Crippen LogP contribution < -0.4 is 25.6 Å². The number of aliphatic hydroxyl groups excluding tert-OH is 1. The van der Waals surface area contributed by atoms with Gasteiger partial charge in [-0.1, -0.05) is 18.7 Å². The molecule has 0 saturated carbocycles. The first-order chi connectivity index (χ1) is 19.2. The Balaban J connectivity index is 1.74. The van der Waals surface area contributed by atoms with Crippen LogP contribution in [0.25, 0.3) is 29.7 Å². The lowest BCUT2D eigenvalue weighted by atomic mass is 10.0. The topological polar surface area (TPSA) is 103 Å². The SMILES string of the molecule is C=c1nc(-c2cccc(C)n2)n(-c2c(OC)cccc2OC)c(=O)c1=C(O)N1CCC(c2ncc(F)cc2F)C1. The summed E-state index contributed by atoms with van der Waals surface area (Å²) in [7, 11) is 2.93. The Morgan fingerprint density at radius 3 is 2.45 bits per heavy atom. The molecule has 1 fully saturated rings. The third kappa shape index (κ3) is 4.74. The summed E-state index contributed by atoms with van der Waals surface area (Å²) >= 11 is 0. The molecule has 1 aliphatic rings. The van der Waals surface area contributed by atoms with E-state index in [0.29, 0.717) is 35.9 Å². The minimum atomic E-state index is -0.770. The maximum Gasteiger partial charge on any atom is 0.271 e. The molecule has 5 rings (SSSR count). The van der Waals surface area contributed by atoms with Gasteiger partial charge >= 0.3 is 0 Å². The van der Waals surface area contributed by atoms with E-state index in [1.807, 2.05) is 13.0 Å². The Bertz CT molecular complexity index is 1750. The first kappa shape index (κ1) is 26.8. The largest absolute Gasteiger partial charge is 0.494 e. The monoisotopic (exact) mass is 547 g/mol. The number of nitrogens with zero attached hydrogens (tertiary/aromatic N) is 5. The lowest BCUT2D eigenvalue weighted by Gasteiger charge is -2.20. The fourth-order valence-corrected chi connectivity index (χ4v) is 4.95. The Labute approximate surface area is 228 Å². The number of rotatable bonds is 6. The molecule has 4 aromatic rings. The van der Waals surface area contributed by atoms with Gasteiger partial charge in [-0.15, -0.1) is 0 Å². The molecule has 40 heavy (non-hydrogen) atoms. The molecule has 1 atom stereocenters. The second kappa shape index (κ2) is 10.8. The van der Waals surface area contributed by atoms with Crippen molar-refractivity contribution in [3.05, 3.63) is 92.6 Å². The lowest BCUT2D eigenvalue weighted by molar-refractivity contribution is 0.321. The van der Waals surface area contributed by atoms with E-state index in [-0.39, 0.29) is 40.2 Å². The maximum absolute atomic E-state index is 14.4. The summed E-state index contributed by atoms with van der Waals surface area (Å²) < 4.78 is 40.2. The summed E-state index contributed by atoms with van der Waals surface area (Å²) in [5, 5.41) is 11.3. The van der Waals surface area contributed by atoms with Crippen LogP contribution >= 0.6 is 0 Å². The average Bonchev–Trinajstić information content (AvgIpc) is 3.42. The maximum atomic E-state index is 14.4. The molecule has 1 N–H and O–H groups in total. The molecular weight excluding hydrogens is 520 g/mol. The highest BCUT2D eigenvalue weighted by Crippen LogP contribution is 2.33. The molecule has 9 nitrogen and oxygen atoms in total. The Kier molecular flexibility index (Phi) is 7.20. The van der Waals surface area contributed by atoms with Gasteiger partial charge < -0.3 is 19.5 Å². The van der Waals surface area contributed by atoms with E-state index in [4.69, 9.17) is 9.47 Å². The molecule has 0 aliphatic carbocycles. The van der Waals surface area contributed by atoms with E-state index in [1.54, 1.807) is 30.3 Å². The quantitative estimate of drug-likeness (QED) is 0.393. The number of para-hydroxylation sites is 1. The molecule has 0 spiro atoms. The lowest BCUT2D eigenvalue weighted by Crippen LogP contribution is -2.50. The first-order valence-corrected chi connectivity index (χ1v) is 12.5. The number of aromatic nitrogens is 4. The van der Waals surface area contributed by atoms with Gasteiger partial charge in [-0.2, -0.15) is 0 Å². The van der Waals surface area contributed by atoms with E-state index < -0.39 is 23.1 Å². The smallest absolute Gasteiger partial charge is 0.271 e. The standard InChI is InChI=1S/C29H27F2N5O4/c1-16-7-5-8-21(33-16)27-34-17(2)24(29(38)36(27)26-22(39-3)9-6-10-23(26)40-4)28(37)35-12-11-18(15-35)25-20(31)13-19(30)14-32-25/h5-10,13-14,18,37H,2,11-12,15H2,1,3-4H3. The molecule has 11 heteroatoms. The summed E-state index contributed by atoms with van der Waals surface area (Å²) in [6, 6.07) is 11.2. The number of likely N-dealkylation sites (tertiary alicyclic amines) is 1. The van der Waals surface area contributed by atoms with Gasteiger partial charge in [0.25, 0.3) is 5.56 Å². The molecule has 0 amide bonds. The molecule has 0 bridgehead atoms. The van der Waals surface area contributed by atoms with Gasteiger partial charge in [-0.25, -0.2) is 18.7 Å². The van der Waals surface area contributed by atoms with E-state index in [1.165, 1.54) is 23.7 Å². The average molecular weight is 548 g/mol. The van der Waals surface area contributed by atoms with Gasteiger partial charge in [0.1, 0.15) is 39.7 Å². The molecule has 0 radical (unpaired) electrons. The van der Waals surface area contributed by atoms with E-state index in [2.05, 4.69) is 21.5 Å². The van der Waals surface area contributed by atoms with Crippen molar-refractivity contribution >= 4 is 12.5 Å². The van der Waals surface area contributed by atoms with Gasteiger partial charge in [0.15, 0.2) is 5.82 Å². The zero-order valence-corrected chi connectivity index (χ0v) is 22.2. The van der Waals surface area contributed by atoms with Gasteiger partial charge in [0, 0.05) is 30.8 Å². The second-order valence-corrected chi connectivity index (χ2v) is 9.35. The van der Waals surface area contributed by atoms with Crippen molar-refractivity contribution in [1.82, 2.24) is 24.4 Å². The zero-order chi connectivity index (χ0) is 28.6. The Morgan fingerprint density at radius 1 is 1.10 bits per heavy atom. The molecule has 1 aliphatic heterocycles. The van der Waals surface area contributed by atoms with Crippen molar-refractivity contribution in [2.45, 2.75) is 19.3 Å². The molecule has 1 unspecified atom stereocenters. The number of methoxy groups -OCH3 is 2. The highest BCUT2D eigenvalue weighted by molar-refractivity contribution is 5.63. The fourth-order valence-electron chi connectivity index (χ4n) is 4.95. The van der Waals surface area contributed by atoms with Crippen LogP contribution in [0.3, 0.4) is 0 Å². The predicted octanol–water partition coefficient (Wildman–Crippen LogP) is 2.82. The van der Waals surface area contributed by atoms with Crippen LogP contribution in [0.2, 0.25) is 0 Å². The second-order valence-electron chi connectivity index (χ2n) is 9.35. The zero-order valence-electron chi connectivity index (χ0n) is 22.2. The van der Waals surface area contributed by atoms with Crippen LogP contribution in [0.4, 0.5) is 8.78 Å². The number of aryl methyl sites for hydroxylation is 1. The number of benzene rings is 1. The number of halogens is 2. The number of hydrogen-bond donors (Lipinski definition) is 1. The molecule has 3 aromatic heterocycles. The van der Waals surface area contributed by atoms with Crippen molar-refractivity contribution in [2.24, 2.45) is 0 Å². The summed E-state index contributed by atoms with van der Waals surface area (Å²) in [6.45, 7) is 6.23. The van der Waals surface area contributed by atoms with Crippen molar-refractivity contribution in [2.75, 3.05) is 27.3 Å². The molecular formula is C29H27F2N5O4. The highest BCUT2D eigenvalue weighted by Gasteiger charge is 2.30. The summed E-state index contributed by atoms with van der Waals surface area (Å²) in [4.78, 5) is 28.9. The highest BCUT2D eigenvalue weighted by atomic mass is 19.1. The van der Waals surface area contributed by atoms with Crippen LogP contribution in [0.1, 0.15) is 23.7 Å². The normalized spacial score (nSPS) is 15.7. The van der Waals surface area contributed by atoms with Crippen molar-refractivity contribution in [3.63, 3.8) is 0 Å². The number of ether oxygens (including phenoxy) is 2. The minimum absolute atomic E-state index is 0.0282. The molecule has 206 valence electrons. The van der Waals surface area contributed by atoms with Crippen molar-refractivity contribution in [1.29, 1.82) is 0 Å². The fraction of sp³-hybridized carbons (Fsp3) is 0.241. The van der Waals surface area contributed by atoms with E-state index >= 15 is 0 Å². The number of aliphatic hydroxyl groups is 1. The van der Waals surface area contributed by atoms with Gasteiger partial charge in [0.2, 0.25) is 5.88 Å². The van der Waals surface area contributed by atoms with Crippen molar-refractivity contribution < 1.29 is 23.4 Å². The predicted molar refractivity (Wildman–Crippen MR) is 145 cm³/mol. The third-order valence-electron chi connectivity index (χ3n) is 6.84.